The summed E-state index contributed by atoms with van der Waals surface area (Å²) in [5.74, 6) is -13.0. The monoisotopic (exact) mass is 1470 g/mol. The molecule has 2 heterocycles. The zero-order chi connectivity index (χ0) is 76.0. The number of carbonyl (C=O) groups is 12. The number of allylic oxidation sites excluding steroid dienone is 2. The van der Waals surface area contributed by atoms with Gasteiger partial charge in [0.05, 0.1) is 39.3 Å². The van der Waals surface area contributed by atoms with E-state index in [1.807, 2.05) is 13.8 Å². The molecule has 29 heteroatoms. The van der Waals surface area contributed by atoms with Crippen LogP contribution in [0.15, 0.2) is 57.7 Å². The van der Waals surface area contributed by atoms with Gasteiger partial charge >= 0.3 is 65.7 Å². The second-order valence-corrected chi connectivity index (χ2v) is 28.1. The molecule has 2 aliphatic heterocycles. The largest absolute Gasteiger partial charge is 0.459 e. The Kier molecular flexibility index (Phi) is 27.5. The summed E-state index contributed by atoms with van der Waals surface area (Å²) in [5.41, 5.74) is -12.6. The van der Waals surface area contributed by atoms with Crippen LogP contribution in [0.25, 0.3) is 0 Å². The number of esters is 11. The van der Waals surface area contributed by atoms with Gasteiger partial charge in [-0.2, -0.15) is 0 Å². The van der Waals surface area contributed by atoms with E-state index in [-0.39, 0.29) is 61.3 Å². The molecular weight excluding hydrogens is 1380 g/mol. The first kappa shape index (κ1) is 83.6. The van der Waals surface area contributed by atoms with Gasteiger partial charge in [-0.3, -0.25) is 33.6 Å². The molecular formula is C71H93Cl3O26. The van der Waals surface area contributed by atoms with E-state index >= 15 is 0 Å². The van der Waals surface area contributed by atoms with Crippen LogP contribution in [0.2, 0.25) is 15.1 Å². The Morgan fingerprint density at radius 3 is 1.41 bits per heavy atom. The third-order valence-electron chi connectivity index (χ3n) is 19.6. The molecule has 554 valence electrons. The van der Waals surface area contributed by atoms with Crippen molar-refractivity contribution in [2.24, 2.45) is 23.7 Å². The minimum Gasteiger partial charge on any atom is -0.459 e. The van der Waals surface area contributed by atoms with Gasteiger partial charge in [-0.05, 0) is 129 Å². The van der Waals surface area contributed by atoms with E-state index in [4.69, 9.17) is 77.4 Å². The Balaban J connectivity index is 0.000000292. The van der Waals surface area contributed by atoms with Crippen LogP contribution >= 0.6 is 34.8 Å². The highest BCUT2D eigenvalue weighted by Gasteiger charge is 2.78. The molecule has 26 nitrogen and oxygen atoms in total. The Morgan fingerprint density at radius 2 is 1.00 bits per heavy atom. The van der Waals surface area contributed by atoms with Crippen LogP contribution in [0.5, 0.6) is 0 Å². The smallest absolute Gasteiger partial charge is 0.349 e. The summed E-state index contributed by atoms with van der Waals surface area (Å²) in [6.07, 6.45) is -4.84. The van der Waals surface area contributed by atoms with Crippen molar-refractivity contribution in [1.82, 2.24) is 0 Å². The average Bonchev–Trinajstić information content (AvgIpc) is 1.53. The number of unbranched alkanes of at least 4 members (excludes halogenated alkanes) is 2. The predicted molar refractivity (Wildman–Crippen MR) is 356 cm³/mol. The van der Waals surface area contributed by atoms with Crippen LogP contribution in [0.3, 0.4) is 0 Å². The minimum atomic E-state index is -2.58. The fourth-order valence-electron chi connectivity index (χ4n) is 13.1. The number of carbonyl (C=O) groups excluding carboxylic acids is 12. The van der Waals surface area contributed by atoms with E-state index in [1.54, 1.807) is 61.5 Å². The summed E-state index contributed by atoms with van der Waals surface area (Å²) in [4.78, 5) is 152. The van der Waals surface area contributed by atoms with E-state index < -0.39 is 184 Å². The topological polar surface area (TPSA) is 378 Å². The van der Waals surface area contributed by atoms with Gasteiger partial charge in [0.1, 0.15) is 23.4 Å². The predicted octanol–water partition coefficient (Wildman–Crippen LogP) is 8.99. The highest BCUT2D eigenvalue weighted by atomic mass is 35.5. The first-order chi connectivity index (χ1) is 46.3. The quantitative estimate of drug-likeness (QED) is 0.0311. The highest BCUT2D eigenvalue weighted by Crippen LogP contribution is 2.59. The van der Waals surface area contributed by atoms with Crippen LogP contribution in [-0.4, -0.2) is 168 Å². The molecule has 4 N–H and O–H groups in total. The molecule has 4 fully saturated rings. The molecule has 0 amide bonds. The van der Waals surface area contributed by atoms with Crippen LogP contribution in [0.4, 0.5) is 0 Å². The third-order valence-corrected chi connectivity index (χ3v) is 20.4. The first-order valence-corrected chi connectivity index (χ1v) is 34.3. The van der Waals surface area contributed by atoms with E-state index in [9.17, 15) is 78.0 Å². The Bertz CT molecular complexity index is 3520. The number of Topliss-reactive ketones (excluding diaryl/α,β-unsaturated/α-hetero) is 1. The molecule has 2 saturated carbocycles. The van der Waals surface area contributed by atoms with Gasteiger partial charge in [-0.1, -0.05) is 101 Å². The molecule has 6 aliphatic rings. The van der Waals surface area contributed by atoms with Crippen molar-refractivity contribution >= 4 is 106 Å². The molecule has 0 spiro atoms. The van der Waals surface area contributed by atoms with Crippen molar-refractivity contribution in [2.45, 2.75) is 265 Å². The Labute approximate surface area is 596 Å². The summed E-state index contributed by atoms with van der Waals surface area (Å²) in [7, 11) is 0. The lowest BCUT2D eigenvalue weighted by molar-refractivity contribution is -0.214. The molecule has 1 aromatic carbocycles. The normalized spacial score (nSPS) is 31.8. The molecule has 2 saturated heterocycles. The molecule has 0 aromatic heterocycles. The molecule has 0 unspecified atom stereocenters. The number of hydrogen-bond acceptors (Lipinski definition) is 26. The van der Waals surface area contributed by atoms with E-state index in [0.29, 0.717) is 44.1 Å². The minimum absolute atomic E-state index is 0.0310. The average molecular weight is 1470 g/mol. The third kappa shape index (κ3) is 16.5. The number of aliphatic hydroxyl groups is 4. The molecule has 0 bridgehead atoms. The molecule has 4 aliphatic carbocycles. The van der Waals surface area contributed by atoms with Gasteiger partial charge in [0.2, 0.25) is 0 Å². The maximum absolute atomic E-state index is 13.4. The van der Waals surface area contributed by atoms with Gasteiger partial charge in [-0.25, -0.2) is 24.0 Å². The Morgan fingerprint density at radius 1 is 0.590 bits per heavy atom. The van der Waals surface area contributed by atoms with Gasteiger partial charge < -0.3 is 67.8 Å². The van der Waals surface area contributed by atoms with Crippen LogP contribution in [0.1, 0.15) is 199 Å². The number of ether oxygens (including phenoxy) is 10. The van der Waals surface area contributed by atoms with Crippen LogP contribution in [0, 0.1) is 23.7 Å². The molecule has 17 atom stereocenters. The lowest BCUT2D eigenvalue weighted by Gasteiger charge is -2.42. The van der Waals surface area contributed by atoms with Crippen molar-refractivity contribution in [3.05, 3.63) is 78.4 Å². The van der Waals surface area contributed by atoms with Crippen molar-refractivity contribution in [1.29, 1.82) is 0 Å². The maximum atomic E-state index is 13.4. The van der Waals surface area contributed by atoms with Crippen LogP contribution < -0.4 is 0 Å². The van der Waals surface area contributed by atoms with Crippen molar-refractivity contribution < 1.29 is 125 Å². The fourth-order valence-corrected chi connectivity index (χ4v) is 14.1. The SMILES string of the molecule is C/C=C(/C)C(=O)OC(=O)c1c(Cl)cc(Cl)cc1Cl.C/C=C(/C)C(=O)O[C@H]1C(C)=C2[C@H]([C@@H]1OC(=O)CCCC)[C@@](C)(OC(C)=O)C[C@H](OC(=O)[C@@H](C)CC)[C@@]1(O)[C@H]2OC(=O)[C@@]1(C)O.CCCCC(=O)O[C@@H]1C(=O)C(C)=C2[C@H]1[C@@](C)(OC(C)=O)C[C@H](OC(=O)[C@@H](C)CC)[C@@]1(O)[C@H]2OC(=O)[C@@]1(C)O. The van der Waals surface area contributed by atoms with E-state index in [1.165, 1.54) is 52.8 Å². The molecule has 7 rings (SSSR count). The zero-order valence-corrected chi connectivity index (χ0v) is 61.9. The second-order valence-electron chi connectivity index (χ2n) is 26.9. The summed E-state index contributed by atoms with van der Waals surface area (Å²) >= 11 is 17.4. The summed E-state index contributed by atoms with van der Waals surface area (Å²) < 4.78 is 56.4. The molecule has 100 heavy (non-hydrogen) atoms. The maximum Gasteiger partial charge on any atom is 0.349 e. The van der Waals surface area contributed by atoms with Gasteiger partial charge in [-0.15, -0.1) is 0 Å². The lowest BCUT2D eigenvalue weighted by atomic mass is 9.75. The molecule has 1 aromatic rings. The lowest BCUT2D eigenvalue weighted by Crippen LogP contribution is -2.64. The molecule has 0 radical (unpaired) electrons. The summed E-state index contributed by atoms with van der Waals surface area (Å²) in [6.45, 7) is 27.4. The van der Waals surface area contributed by atoms with Gasteiger partial charge in [0.15, 0.2) is 58.7 Å². The zero-order valence-electron chi connectivity index (χ0n) is 59.6. The van der Waals surface area contributed by atoms with E-state index in [2.05, 4.69) is 4.74 Å². The number of rotatable bonds is 20. The second kappa shape index (κ2) is 32.9. The first-order valence-electron chi connectivity index (χ1n) is 33.2. The van der Waals surface area contributed by atoms with Crippen molar-refractivity contribution in [2.75, 3.05) is 0 Å². The standard InChI is InChI=1S/C32H46O12.C27H38O11.C12H9Cl3O3/c1-10-13-14-21(34)41-25-23-22(18(6)24(25)42-28(36)17(5)12-3)26-32(39,31(9,38)29(37)43-26)20(40-27(35)16(4)11-2)15-30(23,8)44-19(7)33;1-8-10-11-17(29)36-21-19-18(14(4)20(21)30)22-27(34,26(7,33)24(32)37-22)16(35-23(31)13(3)9-2)12-25(19,6)38-15(5)28;1-3-6(2)11(16)18-12(17)10-8(14)4-7(13)5-9(10)15/h12,16,20,23-26,38-39H,10-11,13-15H2,1-9H3;13,16,19,21-22,33-34H,8-12H2,1-7H3;3-5H,1-2H3/b17-12-;;6-3-/t16-,20-,23+,24-,25-,26-,30-,31+,32+;13-,16-,19+,21-,22-,25-,26+,27+;/m00./s1. The number of hydrogen-bond donors (Lipinski definition) is 4. The van der Waals surface area contributed by atoms with Gasteiger partial charge in [0.25, 0.3) is 0 Å². The van der Waals surface area contributed by atoms with Crippen molar-refractivity contribution in [3.63, 3.8) is 0 Å². The number of benzene rings is 1. The van der Waals surface area contributed by atoms with Crippen LogP contribution in [-0.2, 0) is 100 Å². The summed E-state index contributed by atoms with van der Waals surface area (Å²) in [6, 6.07) is 2.69. The number of fused-ring (bicyclic) bond motifs is 6. The van der Waals surface area contributed by atoms with Gasteiger partial charge in [0, 0.05) is 55.7 Å². The Hall–Kier alpha value is -7.07. The summed E-state index contributed by atoms with van der Waals surface area (Å²) in [5, 5.41) is 47.5. The highest BCUT2D eigenvalue weighted by molar-refractivity contribution is 6.42. The van der Waals surface area contributed by atoms with E-state index in [0.717, 1.165) is 20.8 Å². The van der Waals surface area contributed by atoms with Crippen molar-refractivity contribution in [3.8, 4) is 0 Å². The number of halogens is 3. The fraction of sp³-hybridized carbons (Fsp3) is 0.634. The number of ketones is 1.